The third kappa shape index (κ3) is 2.31. The molecule has 1 saturated heterocycles. The predicted molar refractivity (Wildman–Crippen MR) is 65.1 cm³/mol. The second-order valence-electron chi connectivity index (χ2n) is 5.86. The summed E-state index contributed by atoms with van der Waals surface area (Å²) in [4.78, 5) is 36.6. The summed E-state index contributed by atoms with van der Waals surface area (Å²) in [5, 5.41) is 11.5. The second kappa shape index (κ2) is 4.51. The summed E-state index contributed by atoms with van der Waals surface area (Å²) < 4.78 is 0. The first kappa shape index (κ1) is 12.4. The molecule has 3 atom stereocenters. The molecule has 1 heterocycles. The van der Waals surface area contributed by atoms with Gasteiger partial charge in [-0.1, -0.05) is 0 Å². The molecule has 0 aromatic carbocycles. The van der Waals surface area contributed by atoms with E-state index in [-0.39, 0.29) is 24.2 Å². The van der Waals surface area contributed by atoms with Gasteiger partial charge in [0.1, 0.15) is 6.04 Å². The van der Waals surface area contributed by atoms with E-state index in [0.29, 0.717) is 24.9 Å². The lowest BCUT2D eigenvalue weighted by Gasteiger charge is -2.36. The zero-order valence-corrected chi connectivity index (χ0v) is 10.7. The van der Waals surface area contributed by atoms with Crippen molar-refractivity contribution in [2.45, 2.75) is 31.7 Å². The van der Waals surface area contributed by atoms with Crippen LogP contribution in [0.2, 0.25) is 0 Å². The van der Waals surface area contributed by atoms with Crippen molar-refractivity contribution in [1.29, 1.82) is 0 Å². The van der Waals surface area contributed by atoms with Crippen molar-refractivity contribution in [2.75, 3.05) is 13.1 Å². The molecule has 0 aromatic rings. The summed E-state index contributed by atoms with van der Waals surface area (Å²) in [5.41, 5.74) is 0. The highest BCUT2D eigenvalue weighted by Gasteiger charge is 2.50. The van der Waals surface area contributed by atoms with E-state index in [1.807, 2.05) is 0 Å². The number of hydrogen-bond acceptors (Lipinski definition) is 3. The highest BCUT2D eigenvalue weighted by atomic mass is 16.4. The van der Waals surface area contributed by atoms with Crippen LogP contribution in [-0.2, 0) is 14.4 Å². The lowest BCUT2D eigenvalue weighted by Crippen LogP contribution is -2.58. The average Bonchev–Trinajstić information content (AvgIpc) is 2.97. The van der Waals surface area contributed by atoms with E-state index in [1.165, 1.54) is 11.3 Å². The van der Waals surface area contributed by atoms with E-state index >= 15 is 0 Å². The highest BCUT2D eigenvalue weighted by molar-refractivity contribution is 5.92. The molecule has 104 valence electrons. The van der Waals surface area contributed by atoms with Gasteiger partial charge in [0.2, 0.25) is 11.8 Å². The Balaban J connectivity index is 1.70. The van der Waals surface area contributed by atoms with E-state index in [1.54, 1.807) is 0 Å². The standard InChI is InChI=1S/C13H18N2O4/c16-11(17)6-10-12(18)14-1-2-15(10)13(19)9-4-7-3-8(7)5-9/h7-10H,1-6H2,(H,14,18)(H,16,17). The fourth-order valence-corrected chi connectivity index (χ4v) is 3.50. The molecule has 2 aliphatic carbocycles. The Morgan fingerprint density at radius 2 is 1.95 bits per heavy atom. The van der Waals surface area contributed by atoms with Crippen molar-refractivity contribution < 1.29 is 19.5 Å². The van der Waals surface area contributed by atoms with Crippen LogP contribution < -0.4 is 5.32 Å². The Morgan fingerprint density at radius 1 is 1.26 bits per heavy atom. The fourth-order valence-electron chi connectivity index (χ4n) is 3.50. The van der Waals surface area contributed by atoms with Crippen molar-refractivity contribution in [3.05, 3.63) is 0 Å². The van der Waals surface area contributed by atoms with E-state index in [2.05, 4.69) is 5.32 Å². The smallest absolute Gasteiger partial charge is 0.305 e. The SMILES string of the molecule is O=C(O)CC1C(=O)NCCN1C(=O)C1CC2CC2C1. The number of piperazine rings is 1. The molecular weight excluding hydrogens is 248 g/mol. The molecule has 0 spiro atoms. The third-order valence-electron chi connectivity index (χ3n) is 4.57. The van der Waals surface area contributed by atoms with Gasteiger partial charge >= 0.3 is 5.97 Å². The number of hydrogen-bond donors (Lipinski definition) is 2. The van der Waals surface area contributed by atoms with Gasteiger partial charge in [-0.3, -0.25) is 14.4 Å². The lowest BCUT2D eigenvalue weighted by molar-refractivity contribution is -0.150. The van der Waals surface area contributed by atoms with Crippen molar-refractivity contribution in [3.8, 4) is 0 Å². The first-order valence-corrected chi connectivity index (χ1v) is 6.86. The van der Waals surface area contributed by atoms with Crippen molar-refractivity contribution >= 4 is 17.8 Å². The van der Waals surface area contributed by atoms with Gasteiger partial charge in [-0.25, -0.2) is 0 Å². The summed E-state index contributed by atoms with van der Waals surface area (Å²) in [6, 6.07) is -0.837. The number of carboxylic acids is 1. The van der Waals surface area contributed by atoms with Crippen LogP contribution in [-0.4, -0.2) is 46.9 Å². The summed E-state index contributed by atoms with van der Waals surface area (Å²) in [6.45, 7) is 0.842. The molecule has 0 bridgehead atoms. The minimum absolute atomic E-state index is 0.00550. The van der Waals surface area contributed by atoms with Crippen LogP contribution in [0, 0.1) is 17.8 Å². The number of carboxylic acid groups (broad SMARTS) is 1. The van der Waals surface area contributed by atoms with Gasteiger partial charge in [0.25, 0.3) is 0 Å². The number of carbonyl (C=O) groups is 3. The number of rotatable bonds is 3. The van der Waals surface area contributed by atoms with Crippen LogP contribution in [0.1, 0.15) is 25.7 Å². The van der Waals surface area contributed by atoms with Gasteiger partial charge in [0.15, 0.2) is 0 Å². The predicted octanol–water partition coefficient (Wildman–Crippen LogP) is -0.166. The molecule has 1 aliphatic heterocycles. The number of nitrogens with zero attached hydrogens (tertiary/aromatic N) is 1. The minimum atomic E-state index is -1.05. The molecule has 2 amide bonds. The van der Waals surface area contributed by atoms with E-state index in [4.69, 9.17) is 5.11 Å². The number of aliphatic carboxylic acids is 1. The molecule has 3 fully saturated rings. The van der Waals surface area contributed by atoms with Crippen molar-refractivity contribution in [2.24, 2.45) is 17.8 Å². The largest absolute Gasteiger partial charge is 0.481 e. The maximum atomic E-state index is 12.5. The minimum Gasteiger partial charge on any atom is -0.481 e. The number of nitrogens with one attached hydrogen (secondary N) is 1. The monoisotopic (exact) mass is 266 g/mol. The van der Waals surface area contributed by atoms with E-state index in [9.17, 15) is 14.4 Å². The van der Waals surface area contributed by atoms with Crippen LogP contribution in [0.25, 0.3) is 0 Å². The van der Waals surface area contributed by atoms with Gasteiger partial charge in [-0.2, -0.15) is 0 Å². The van der Waals surface area contributed by atoms with Gasteiger partial charge in [-0.15, -0.1) is 0 Å². The topological polar surface area (TPSA) is 86.7 Å². The lowest BCUT2D eigenvalue weighted by atomic mass is 9.99. The molecule has 19 heavy (non-hydrogen) atoms. The Hall–Kier alpha value is -1.59. The third-order valence-corrected chi connectivity index (χ3v) is 4.57. The van der Waals surface area contributed by atoms with E-state index < -0.39 is 12.0 Å². The number of fused-ring (bicyclic) bond motifs is 1. The molecule has 3 unspecified atom stereocenters. The number of carbonyl (C=O) groups excluding carboxylic acids is 2. The summed E-state index contributed by atoms with van der Waals surface area (Å²) in [6.07, 6.45) is 2.77. The first-order chi connectivity index (χ1) is 9.06. The first-order valence-electron chi connectivity index (χ1n) is 6.86. The normalized spacial score (nSPS) is 36.6. The summed E-state index contributed by atoms with van der Waals surface area (Å²) >= 11 is 0. The Bertz CT molecular complexity index is 426. The second-order valence-corrected chi connectivity index (χ2v) is 5.86. The maximum absolute atomic E-state index is 12.5. The van der Waals surface area contributed by atoms with E-state index in [0.717, 1.165) is 12.8 Å². The van der Waals surface area contributed by atoms with Crippen LogP contribution in [0.5, 0.6) is 0 Å². The number of amides is 2. The zero-order valence-electron chi connectivity index (χ0n) is 10.7. The molecule has 0 aromatic heterocycles. The summed E-state index contributed by atoms with van der Waals surface area (Å²) in [5.74, 6) is -0.00509. The van der Waals surface area contributed by atoms with Crippen molar-refractivity contribution in [3.63, 3.8) is 0 Å². The highest BCUT2D eigenvalue weighted by Crippen LogP contribution is 2.54. The van der Waals surface area contributed by atoms with Gasteiger partial charge < -0.3 is 15.3 Å². The quantitative estimate of drug-likeness (QED) is 0.742. The van der Waals surface area contributed by atoms with Crippen molar-refractivity contribution in [1.82, 2.24) is 10.2 Å². The summed E-state index contributed by atoms with van der Waals surface area (Å²) in [7, 11) is 0. The fraction of sp³-hybridized carbons (Fsp3) is 0.769. The Kier molecular flexibility index (Phi) is 2.95. The molecule has 6 heteroatoms. The van der Waals surface area contributed by atoms with Crippen LogP contribution in [0.15, 0.2) is 0 Å². The molecule has 0 radical (unpaired) electrons. The Labute approximate surface area is 111 Å². The van der Waals surface area contributed by atoms with Crippen LogP contribution in [0.3, 0.4) is 0 Å². The maximum Gasteiger partial charge on any atom is 0.305 e. The molecule has 2 saturated carbocycles. The van der Waals surface area contributed by atoms with Gasteiger partial charge in [0, 0.05) is 19.0 Å². The Morgan fingerprint density at radius 3 is 2.58 bits per heavy atom. The average molecular weight is 266 g/mol. The molecular formula is C13H18N2O4. The molecule has 6 nitrogen and oxygen atoms in total. The van der Waals surface area contributed by atoms with Crippen LogP contribution >= 0.6 is 0 Å². The van der Waals surface area contributed by atoms with Gasteiger partial charge in [0.05, 0.1) is 6.42 Å². The molecule has 3 aliphatic rings. The molecule has 3 rings (SSSR count). The molecule has 2 N–H and O–H groups in total. The zero-order chi connectivity index (χ0) is 13.6. The van der Waals surface area contributed by atoms with Crippen LogP contribution in [0.4, 0.5) is 0 Å². The van der Waals surface area contributed by atoms with Gasteiger partial charge in [-0.05, 0) is 31.1 Å².